The second-order valence-electron chi connectivity index (χ2n) is 17.9. The van der Waals surface area contributed by atoms with Crippen LogP contribution in [0.5, 0.6) is 0 Å². The SMILES string of the molecule is CC(C)[C@H](NC(=O)[C@@H](NC(=O)[C@H](CCCCN)NC(=O)[C@@H]1CCCN1C(=O)[C@H](C)NC(=O)[C@H](CCCCN)NC(=O)[C@H](CCC(=O)O)NC(=O)[C@H](CC(N)=O)NC(=O)[C@@H](N)CC(N)=O)C(C)C)C(=O)O. The Bertz CT molecular complexity index is 1870. The van der Waals surface area contributed by atoms with Gasteiger partial charge in [-0.2, -0.15) is 0 Å². The average Bonchev–Trinajstić information content (AvgIpc) is 3.77. The van der Waals surface area contributed by atoms with Crippen molar-refractivity contribution in [3.8, 4) is 0 Å². The lowest BCUT2D eigenvalue weighted by atomic mass is 9.99. The van der Waals surface area contributed by atoms with E-state index in [1.54, 1.807) is 27.7 Å². The van der Waals surface area contributed by atoms with Gasteiger partial charge in [0, 0.05) is 13.0 Å². The lowest BCUT2D eigenvalue weighted by Crippen LogP contribution is -2.60. The van der Waals surface area contributed by atoms with Gasteiger partial charge in [0.05, 0.1) is 18.9 Å². The number of nitrogens with one attached hydrogen (secondary N) is 7. The summed E-state index contributed by atoms with van der Waals surface area (Å²) in [5.41, 5.74) is 27.3. The Morgan fingerprint density at radius 3 is 1.50 bits per heavy atom. The molecule has 0 unspecified atom stereocenters. The summed E-state index contributed by atoms with van der Waals surface area (Å²) in [6, 6.07) is -12.3. The fourth-order valence-corrected chi connectivity index (χ4v) is 7.34. The maximum atomic E-state index is 14.0. The minimum Gasteiger partial charge on any atom is -0.481 e. The van der Waals surface area contributed by atoms with Crippen LogP contribution in [-0.4, -0.2) is 160 Å². The largest absolute Gasteiger partial charge is 0.481 e. The number of amides is 10. The molecule has 19 N–H and O–H groups in total. The van der Waals surface area contributed by atoms with Crippen LogP contribution in [0.2, 0.25) is 0 Å². The Morgan fingerprint density at radius 1 is 0.557 bits per heavy atom. The Morgan fingerprint density at radius 2 is 1.01 bits per heavy atom. The molecule has 0 bridgehead atoms. The fraction of sp³-hybridized carbons (Fsp3) is 0.721. The van der Waals surface area contributed by atoms with Gasteiger partial charge in [-0.05, 0) is 89.6 Å². The molecule has 0 aliphatic carbocycles. The van der Waals surface area contributed by atoms with Crippen molar-refractivity contribution in [2.45, 2.75) is 166 Å². The zero-order chi connectivity index (χ0) is 53.4. The number of unbranched alkanes of at least 4 members (excludes halogenated alkanes) is 2. The molecule has 1 saturated heterocycles. The van der Waals surface area contributed by atoms with Gasteiger partial charge in [-0.25, -0.2) is 4.79 Å². The van der Waals surface area contributed by atoms with E-state index >= 15 is 0 Å². The molecule has 0 aromatic heterocycles. The maximum absolute atomic E-state index is 14.0. The van der Waals surface area contributed by atoms with E-state index < -0.39 is 163 Å². The van der Waals surface area contributed by atoms with Crippen LogP contribution in [-0.2, 0) is 57.5 Å². The molecule has 70 heavy (non-hydrogen) atoms. The molecule has 27 heteroatoms. The number of nitrogens with zero attached hydrogens (tertiary/aromatic N) is 1. The van der Waals surface area contributed by atoms with Crippen LogP contribution in [0.4, 0.5) is 0 Å². The lowest BCUT2D eigenvalue weighted by molar-refractivity contribution is -0.144. The first-order chi connectivity index (χ1) is 32.7. The molecule has 0 radical (unpaired) electrons. The highest BCUT2D eigenvalue weighted by Gasteiger charge is 2.40. The van der Waals surface area contributed by atoms with Crippen molar-refractivity contribution in [3.05, 3.63) is 0 Å². The third-order valence-electron chi connectivity index (χ3n) is 11.3. The van der Waals surface area contributed by atoms with Gasteiger partial charge in [-0.3, -0.25) is 52.7 Å². The highest BCUT2D eigenvalue weighted by molar-refractivity contribution is 5.99. The normalized spacial score (nSPS) is 16.8. The summed E-state index contributed by atoms with van der Waals surface area (Å²) in [4.78, 5) is 156. The minimum atomic E-state index is -1.74. The molecule has 1 rings (SSSR count). The first kappa shape index (κ1) is 61.5. The predicted molar refractivity (Wildman–Crippen MR) is 250 cm³/mol. The molecular formula is C43H75N13O14. The van der Waals surface area contributed by atoms with Crippen molar-refractivity contribution in [2.24, 2.45) is 40.5 Å². The summed E-state index contributed by atoms with van der Waals surface area (Å²) in [7, 11) is 0. The van der Waals surface area contributed by atoms with Gasteiger partial charge in [0.25, 0.3) is 0 Å². The molecule has 396 valence electrons. The second kappa shape index (κ2) is 30.9. The van der Waals surface area contributed by atoms with Crippen molar-refractivity contribution in [1.82, 2.24) is 42.1 Å². The second-order valence-corrected chi connectivity index (χ2v) is 17.9. The van der Waals surface area contributed by atoms with Crippen LogP contribution in [0.3, 0.4) is 0 Å². The van der Waals surface area contributed by atoms with Crippen LogP contribution >= 0.6 is 0 Å². The van der Waals surface area contributed by atoms with Gasteiger partial charge in [-0.1, -0.05) is 27.7 Å². The number of likely N-dealkylation sites (tertiary alicyclic amines) is 1. The summed E-state index contributed by atoms with van der Waals surface area (Å²) in [5, 5.41) is 36.2. The molecule has 10 amide bonds. The number of rotatable bonds is 33. The Labute approximate surface area is 406 Å². The van der Waals surface area contributed by atoms with Gasteiger partial charge >= 0.3 is 11.9 Å². The predicted octanol–water partition coefficient (Wildman–Crippen LogP) is -5.01. The van der Waals surface area contributed by atoms with Crippen LogP contribution in [0.15, 0.2) is 0 Å². The Kier molecular flexibility index (Phi) is 27.2. The summed E-state index contributed by atoms with van der Waals surface area (Å²) >= 11 is 0. The van der Waals surface area contributed by atoms with Crippen LogP contribution in [0.25, 0.3) is 0 Å². The van der Waals surface area contributed by atoms with Crippen molar-refractivity contribution >= 4 is 71.0 Å². The Balaban J connectivity index is 3.31. The number of carbonyl (C=O) groups is 12. The molecule has 1 fully saturated rings. The van der Waals surface area contributed by atoms with E-state index in [-0.39, 0.29) is 45.3 Å². The first-order valence-electron chi connectivity index (χ1n) is 23.4. The van der Waals surface area contributed by atoms with E-state index in [4.69, 9.17) is 28.7 Å². The van der Waals surface area contributed by atoms with Gasteiger partial charge < -0.3 is 81.0 Å². The summed E-state index contributed by atoms with van der Waals surface area (Å²) in [5.74, 6) is -12.6. The number of nitrogens with two attached hydrogens (primary N) is 5. The van der Waals surface area contributed by atoms with E-state index in [1.165, 1.54) is 11.8 Å². The van der Waals surface area contributed by atoms with E-state index in [1.807, 2.05) is 0 Å². The fourth-order valence-electron chi connectivity index (χ4n) is 7.34. The third-order valence-corrected chi connectivity index (χ3v) is 11.3. The topological polar surface area (TPSA) is 463 Å². The average molecular weight is 998 g/mol. The zero-order valence-corrected chi connectivity index (χ0v) is 40.6. The van der Waals surface area contributed by atoms with Gasteiger partial charge in [-0.15, -0.1) is 0 Å². The summed E-state index contributed by atoms with van der Waals surface area (Å²) < 4.78 is 0. The number of hydrogen-bond donors (Lipinski definition) is 14. The number of carboxylic acids is 2. The number of carbonyl (C=O) groups excluding carboxylic acids is 10. The van der Waals surface area contributed by atoms with Crippen molar-refractivity contribution in [1.29, 1.82) is 0 Å². The molecule has 1 aliphatic rings. The molecule has 1 aliphatic heterocycles. The molecule has 9 atom stereocenters. The monoisotopic (exact) mass is 998 g/mol. The summed E-state index contributed by atoms with van der Waals surface area (Å²) in [6.45, 7) is 8.47. The third kappa shape index (κ3) is 21.4. The quantitative estimate of drug-likeness (QED) is 0.0274. The number of primary amides is 2. The van der Waals surface area contributed by atoms with Gasteiger partial charge in [0.2, 0.25) is 59.1 Å². The molecular weight excluding hydrogens is 923 g/mol. The van der Waals surface area contributed by atoms with Crippen LogP contribution < -0.4 is 65.9 Å². The van der Waals surface area contributed by atoms with Gasteiger partial charge in [0.15, 0.2) is 0 Å². The number of carboxylic acid groups (broad SMARTS) is 2. The standard InChI is InChI=1S/C43H75N13O14/c1-21(2)33(41(67)55-34(22(3)4)43(69)70)54-38(64)26(12-7-9-17-45)52-40(66)29-13-10-18-56(29)42(68)23(5)49-36(62)25(11-6-8-16-44)50-37(63)27(14-15-32(59)60)51-39(65)28(20-31(48)58)53-35(61)24(46)19-30(47)57/h21-29,33-34H,6-20,44-46H2,1-5H3,(H2,47,57)(H2,48,58)(H,49,62)(H,50,63)(H,51,65)(H,52,66)(H,53,61)(H,54,64)(H,55,67)(H,59,60)(H,69,70)/t23-,24-,25-,26-,27-,28-,29-,33-,34-/m0/s1. The number of hydrogen-bond acceptors (Lipinski definition) is 15. The molecule has 1 heterocycles. The smallest absolute Gasteiger partial charge is 0.326 e. The molecule has 0 saturated carbocycles. The van der Waals surface area contributed by atoms with E-state index in [9.17, 15) is 67.7 Å². The maximum Gasteiger partial charge on any atom is 0.326 e. The van der Waals surface area contributed by atoms with Crippen LogP contribution in [0.1, 0.15) is 112 Å². The highest BCUT2D eigenvalue weighted by Crippen LogP contribution is 2.20. The molecule has 0 spiro atoms. The van der Waals surface area contributed by atoms with Crippen LogP contribution in [0, 0.1) is 11.8 Å². The van der Waals surface area contributed by atoms with Gasteiger partial charge in [0.1, 0.15) is 48.3 Å². The summed E-state index contributed by atoms with van der Waals surface area (Å²) in [6.07, 6.45) is -0.455. The minimum absolute atomic E-state index is 0.0487. The van der Waals surface area contributed by atoms with Crippen molar-refractivity contribution in [3.63, 3.8) is 0 Å². The first-order valence-corrected chi connectivity index (χ1v) is 23.4. The highest BCUT2D eigenvalue weighted by atomic mass is 16.4. The zero-order valence-electron chi connectivity index (χ0n) is 40.6. The molecule has 0 aromatic rings. The lowest BCUT2D eigenvalue weighted by Gasteiger charge is -2.30. The number of aliphatic carboxylic acids is 2. The molecule has 0 aromatic carbocycles. The van der Waals surface area contributed by atoms with E-state index in [0.29, 0.717) is 25.7 Å². The molecule has 27 nitrogen and oxygen atoms in total. The Hall–Kier alpha value is -6.48. The van der Waals surface area contributed by atoms with E-state index in [2.05, 4.69) is 37.2 Å². The van der Waals surface area contributed by atoms with E-state index in [0.717, 1.165) is 0 Å². The van der Waals surface area contributed by atoms with Crippen molar-refractivity contribution < 1.29 is 67.7 Å². The van der Waals surface area contributed by atoms with Crippen molar-refractivity contribution in [2.75, 3.05) is 19.6 Å².